The number of rotatable bonds is 4. The molecule has 0 saturated heterocycles. The molecule has 1 aliphatic heterocycles. The summed E-state index contributed by atoms with van der Waals surface area (Å²) in [6, 6.07) is 7.36. The molecule has 0 amide bonds. The second-order valence-corrected chi connectivity index (χ2v) is 5.27. The zero-order chi connectivity index (χ0) is 16.1. The van der Waals surface area contributed by atoms with E-state index in [1.165, 1.54) is 7.11 Å². The van der Waals surface area contributed by atoms with Gasteiger partial charge in [-0.1, -0.05) is 36.4 Å². The van der Waals surface area contributed by atoms with Crippen LogP contribution in [0.2, 0.25) is 0 Å². The van der Waals surface area contributed by atoms with Gasteiger partial charge in [-0.15, -0.1) is 0 Å². The largest absolute Gasteiger partial charge is 0.464 e. The highest BCUT2D eigenvalue weighted by Crippen LogP contribution is 2.29. The van der Waals surface area contributed by atoms with Gasteiger partial charge in [0.05, 0.1) is 13.2 Å². The topological polar surface area (TPSA) is 46.6 Å². The molecule has 116 valence electrons. The van der Waals surface area contributed by atoms with Crippen molar-refractivity contribution >= 4 is 11.8 Å². The van der Waals surface area contributed by atoms with Crippen molar-refractivity contribution in [1.29, 1.82) is 0 Å². The molecule has 22 heavy (non-hydrogen) atoms. The minimum atomic E-state index is -0.362. The van der Waals surface area contributed by atoms with Crippen LogP contribution in [0.15, 0.2) is 48.3 Å². The standard InChI is InChI=1S/C18H21NO3/c1-13(15-9-6-7-10-16(15)14(2)20)19-12-8-4-5-11-17(19)18(21)22-3/h6-13H,4-5H2,1-3H3. The van der Waals surface area contributed by atoms with Gasteiger partial charge < -0.3 is 9.64 Å². The van der Waals surface area contributed by atoms with Crippen molar-refractivity contribution in [2.75, 3.05) is 7.11 Å². The average Bonchev–Trinajstić information content (AvgIpc) is 2.79. The van der Waals surface area contributed by atoms with E-state index < -0.39 is 0 Å². The fraction of sp³-hybridized carbons (Fsp3) is 0.333. The van der Waals surface area contributed by atoms with Crippen molar-refractivity contribution in [1.82, 2.24) is 4.90 Å². The van der Waals surface area contributed by atoms with Crippen LogP contribution in [0.4, 0.5) is 0 Å². The van der Waals surface area contributed by atoms with Gasteiger partial charge in [0.15, 0.2) is 5.78 Å². The van der Waals surface area contributed by atoms with E-state index in [1.54, 1.807) is 6.92 Å². The van der Waals surface area contributed by atoms with Crippen LogP contribution < -0.4 is 0 Å². The molecule has 4 nitrogen and oxygen atoms in total. The second-order valence-electron chi connectivity index (χ2n) is 5.27. The fourth-order valence-electron chi connectivity index (χ4n) is 2.65. The van der Waals surface area contributed by atoms with Crippen LogP contribution in [0.1, 0.15) is 48.7 Å². The minimum Gasteiger partial charge on any atom is -0.464 e. The summed E-state index contributed by atoms with van der Waals surface area (Å²) in [5, 5.41) is 0. The molecule has 0 aromatic heterocycles. The van der Waals surface area contributed by atoms with Crippen molar-refractivity contribution in [3.63, 3.8) is 0 Å². The smallest absolute Gasteiger partial charge is 0.354 e. The molecule has 1 heterocycles. The van der Waals surface area contributed by atoms with Gasteiger partial charge in [-0.05, 0) is 32.3 Å². The molecular weight excluding hydrogens is 278 g/mol. The Morgan fingerprint density at radius 3 is 2.64 bits per heavy atom. The lowest BCUT2D eigenvalue weighted by molar-refractivity contribution is -0.137. The van der Waals surface area contributed by atoms with Gasteiger partial charge in [-0.2, -0.15) is 0 Å². The summed E-state index contributed by atoms with van der Waals surface area (Å²) in [5.41, 5.74) is 2.09. The zero-order valence-electron chi connectivity index (χ0n) is 13.2. The van der Waals surface area contributed by atoms with Crippen molar-refractivity contribution < 1.29 is 14.3 Å². The van der Waals surface area contributed by atoms with Gasteiger partial charge in [0, 0.05) is 11.8 Å². The van der Waals surface area contributed by atoms with E-state index in [2.05, 4.69) is 0 Å². The Kier molecular flexibility index (Phi) is 5.15. The Morgan fingerprint density at radius 2 is 1.95 bits per heavy atom. The van der Waals surface area contributed by atoms with Gasteiger partial charge >= 0.3 is 5.97 Å². The van der Waals surface area contributed by atoms with E-state index in [4.69, 9.17) is 4.74 Å². The van der Waals surface area contributed by atoms with Crippen LogP contribution >= 0.6 is 0 Å². The summed E-state index contributed by atoms with van der Waals surface area (Å²) in [5.74, 6) is -0.344. The summed E-state index contributed by atoms with van der Waals surface area (Å²) in [6.07, 6.45) is 7.48. The molecule has 4 heteroatoms. The first-order valence-corrected chi connectivity index (χ1v) is 7.39. The lowest BCUT2D eigenvalue weighted by Crippen LogP contribution is -2.27. The number of hydrogen-bond acceptors (Lipinski definition) is 4. The molecular formula is C18H21NO3. The van der Waals surface area contributed by atoms with Crippen LogP contribution in [0.3, 0.4) is 0 Å². The van der Waals surface area contributed by atoms with E-state index in [1.807, 2.05) is 54.4 Å². The Morgan fingerprint density at radius 1 is 1.23 bits per heavy atom. The van der Waals surface area contributed by atoms with Gasteiger partial charge in [0.1, 0.15) is 5.70 Å². The Labute approximate surface area is 131 Å². The molecule has 0 bridgehead atoms. The molecule has 0 saturated carbocycles. The third kappa shape index (κ3) is 3.27. The first kappa shape index (κ1) is 16.0. The van der Waals surface area contributed by atoms with Crippen LogP contribution in [0, 0.1) is 0 Å². The van der Waals surface area contributed by atoms with Crippen LogP contribution in [0.5, 0.6) is 0 Å². The van der Waals surface area contributed by atoms with E-state index in [9.17, 15) is 9.59 Å². The average molecular weight is 299 g/mol. The predicted octanol–water partition coefficient (Wildman–Crippen LogP) is 3.62. The monoisotopic (exact) mass is 299 g/mol. The number of carbonyl (C=O) groups is 2. The molecule has 0 spiro atoms. The molecule has 2 rings (SSSR count). The first-order valence-electron chi connectivity index (χ1n) is 7.39. The maximum Gasteiger partial charge on any atom is 0.354 e. The first-order chi connectivity index (χ1) is 10.6. The SMILES string of the molecule is COC(=O)C1=CCCC=CN1C(C)c1ccccc1C(C)=O. The summed E-state index contributed by atoms with van der Waals surface area (Å²) in [6.45, 7) is 3.54. The Bertz CT molecular complexity index is 631. The lowest BCUT2D eigenvalue weighted by atomic mass is 9.97. The van der Waals surface area contributed by atoms with Crippen LogP contribution in [-0.4, -0.2) is 23.8 Å². The molecule has 0 aliphatic carbocycles. The maximum absolute atomic E-state index is 12.1. The molecule has 0 fully saturated rings. The number of hydrogen-bond donors (Lipinski definition) is 0. The number of nitrogens with zero attached hydrogens (tertiary/aromatic N) is 1. The Hall–Kier alpha value is -2.36. The lowest BCUT2D eigenvalue weighted by Gasteiger charge is -2.29. The number of benzene rings is 1. The Balaban J connectivity index is 2.44. The highest BCUT2D eigenvalue weighted by atomic mass is 16.5. The number of carbonyl (C=O) groups excluding carboxylic acids is 2. The highest BCUT2D eigenvalue weighted by molar-refractivity contribution is 5.95. The molecule has 1 atom stereocenters. The number of Topliss-reactive ketones (excluding diaryl/α,β-unsaturated/α-hetero) is 1. The van der Waals surface area contributed by atoms with Crippen molar-refractivity contribution in [3.05, 3.63) is 59.4 Å². The number of ketones is 1. The highest BCUT2D eigenvalue weighted by Gasteiger charge is 2.25. The number of esters is 1. The quantitative estimate of drug-likeness (QED) is 0.629. The minimum absolute atomic E-state index is 0.0184. The summed E-state index contributed by atoms with van der Waals surface area (Å²) in [7, 11) is 1.38. The molecule has 1 unspecified atom stereocenters. The molecule has 0 N–H and O–H groups in total. The van der Waals surface area contributed by atoms with Gasteiger partial charge in [0.2, 0.25) is 0 Å². The van der Waals surface area contributed by atoms with E-state index in [-0.39, 0.29) is 17.8 Å². The van der Waals surface area contributed by atoms with Crippen LogP contribution in [-0.2, 0) is 9.53 Å². The fourth-order valence-corrected chi connectivity index (χ4v) is 2.65. The zero-order valence-corrected chi connectivity index (χ0v) is 13.2. The number of methoxy groups -OCH3 is 1. The third-order valence-corrected chi connectivity index (χ3v) is 3.82. The third-order valence-electron chi connectivity index (χ3n) is 3.82. The predicted molar refractivity (Wildman–Crippen MR) is 85.2 cm³/mol. The summed E-state index contributed by atoms with van der Waals surface area (Å²) < 4.78 is 4.89. The van der Waals surface area contributed by atoms with E-state index in [0.717, 1.165) is 18.4 Å². The molecule has 1 aromatic rings. The maximum atomic E-state index is 12.1. The normalized spacial score (nSPS) is 15.8. The molecule has 1 aliphatic rings. The second kappa shape index (κ2) is 7.07. The van der Waals surface area contributed by atoms with Gasteiger partial charge in [-0.25, -0.2) is 4.79 Å². The van der Waals surface area contributed by atoms with Crippen molar-refractivity contribution in [2.24, 2.45) is 0 Å². The number of allylic oxidation sites excluding steroid dienone is 2. The van der Waals surface area contributed by atoms with E-state index >= 15 is 0 Å². The van der Waals surface area contributed by atoms with E-state index in [0.29, 0.717) is 11.3 Å². The number of ether oxygens (including phenoxy) is 1. The summed E-state index contributed by atoms with van der Waals surface area (Å²) >= 11 is 0. The van der Waals surface area contributed by atoms with Crippen molar-refractivity contribution in [2.45, 2.75) is 32.7 Å². The molecule has 0 radical (unpaired) electrons. The van der Waals surface area contributed by atoms with Crippen molar-refractivity contribution in [3.8, 4) is 0 Å². The summed E-state index contributed by atoms with van der Waals surface area (Å²) in [4.78, 5) is 25.8. The van der Waals surface area contributed by atoms with Crippen LogP contribution in [0.25, 0.3) is 0 Å². The molecule has 1 aromatic carbocycles. The van der Waals surface area contributed by atoms with Gasteiger partial charge in [-0.3, -0.25) is 4.79 Å². The van der Waals surface area contributed by atoms with Gasteiger partial charge in [0.25, 0.3) is 0 Å².